The molecule has 0 bridgehead atoms. The van der Waals surface area contributed by atoms with Gasteiger partial charge in [-0.1, -0.05) is 23.2 Å². The van der Waals surface area contributed by atoms with Gasteiger partial charge in [0.1, 0.15) is 12.1 Å². The highest BCUT2D eigenvalue weighted by atomic mass is 35.5. The minimum absolute atomic E-state index is 0.0507. The highest BCUT2D eigenvalue weighted by Gasteiger charge is 2.41. The lowest BCUT2D eigenvalue weighted by Gasteiger charge is -2.32. The zero-order chi connectivity index (χ0) is 29.6. The maximum absolute atomic E-state index is 13.3. The number of hydrogen-bond acceptors (Lipinski definition) is 7. The molecule has 2 saturated heterocycles. The number of nitrogens with one attached hydrogen (secondary N) is 2. The van der Waals surface area contributed by atoms with E-state index in [9.17, 15) is 27.9 Å². The Bertz CT molecular complexity index is 1330. The summed E-state index contributed by atoms with van der Waals surface area (Å²) in [6.07, 6.45) is 5.60. The van der Waals surface area contributed by atoms with E-state index < -0.39 is 34.0 Å². The number of hydrogen-bond donors (Lipinski definition) is 3. The van der Waals surface area contributed by atoms with E-state index in [0.717, 1.165) is 29.4 Å². The van der Waals surface area contributed by atoms with Crippen LogP contribution in [0.1, 0.15) is 38.5 Å². The van der Waals surface area contributed by atoms with E-state index >= 15 is 0 Å². The Morgan fingerprint density at radius 3 is 2.32 bits per heavy atom. The van der Waals surface area contributed by atoms with E-state index in [4.69, 9.17) is 23.2 Å². The van der Waals surface area contributed by atoms with E-state index in [1.54, 1.807) is 17.3 Å². The second kappa shape index (κ2) is 13.8. The van der Waals surface area contributed by atoms with Gasteiger partial charge in [0.05, 0.1) is 4.90 Å². The van der Waals surface area contributed by atoms with E-state index in [2.05, 4.69) is 15.6 Å². The number of carboxylic acids is 1. The first-order valence-corrected chi connectivity index (χ1v) is 15.7. The summed E-state index contributed by atoms with van der Waals surface area (Å²) in [6, 6.07) is 5.28. The molecule has 0 spiro atoms. The first kappa shape index (κ1) is 31.0. The fourth-order valence-corrected chi connectivity index (χ4v) is 7.56. The van der Waals surface area contributed by atoms with Crippen molar-refractivity contribution in [1.29, 1.82) is 0 Å². The molecule has 3 heterocycles. The lowest BCUT2D eigenvalue weighted by atomic mass is 9.96. The largest absolute Gasteiger partial charge is 0.480 e. The van der Waals surface area contributed by atoms with Gasteiger partial charge in [0, 0.05) is 60.7 Å². The zero-order valence-corrected chi connectivity index (χ0v) is 24.7. The number of carbonyl (C=O) groups is 3. The van der Waals surface area contributed by atoms with Crippen molar-refractivity contribution in [3.63, 3.8) is 0 Å². The maximum atomic E-state index is 13.3. The van der Waals surface area contributed by atoms with Crippen LogP contribution in [-0.4, -0.2) is 83.8 Å². The minimum Gasteiger partial charge on any atom is -0.480 e. The Balaban J connectivity index is 1.28. The van der Waals surface area contributed by atoms with Crippen molar-refractivity contribution in [2.24, 2.45) is 5.92 Å². The van der Waals surface area contributed by atoms with Gasteiger partial charge in [-0.3, -0.25) is 14.6 Å². The number of likely N-dealkylation sites (tertiary alicyclic amines) is 1. The SMILES string of the molecule is O=C(O)C(CCC(=O)N1CCC(CNc2ccncc2)CC1)NC(=O)[C@@H]1CCCN1S(=O)(=O)c1cc(Cl)cc(Cl)c1. The highest BCUT2D eigenvalue weighted by molar-refractivity contribution is 7.89. The number of carbonyl (C=O) groups excluding carboxylic acids is 2. The lowest BCUT2D eigenvalue weighted by molar-refractivity contribution is -0.143. The molecule has 1 unspecified atom stereocenters. The molecule has 2 atom stereocenters. The summed E-state index contributed by atoms with van der Waals surface area (Å²) in [6.45, 7) is 2.04. The third-order valence-electron chi connectivity index (χ3n) is 7.45. The van der Waals surface area contributed by atoms with Gasteiger partial charge in [0.2, 0.25) is 21.8 Å². The molecule has 0 saturated carbocycles. The molecule has 11 nitrogen and oxygen atoms in total. The van der Waals surface area contributed by atoms with Gasteiger partial charge in [-0.2, -0.15) is 4.31 Å². The summed E-state index contributed by atoms with van der Waals surface area (Å²) in [7, 11) is -4.11. The number of pyridine rings is 1. The molecule has 41 heavy (non-hydrogen) atoms. The number of amides is 2. The van der Waals surface area contributed by atoms with Crippen molar-refractivity contribution in [1.82, 2.24) is 19.5 Å². The standard InChI is InChI=1S/C27H33Cl2N5O6S/c28-19-14-20(29)16-22(15-19)41(39,40)34-11-1-2-24(34)26(36)32-23(27(37)38)3-4-25(35)33-12-7-18(8-13-33)17-31-21-5-9-30-10-6-21/h5-6,9-10,14-16,18,23-24H,1-4,7-8,11-13,17H2,(H,30,31)(H,32,36)(H,37,38)/t23?,24-/m0/s1. The maximum Gasteiger partial charge on any atom is 0.326 e. The van der Waals surface area contributed by atoms with Crippen LogP contribution in [0.25, 0.3) is 0 Å². The third-order valence-corrected chi connectivity index (χ3v) is 9.78. The van der Waals surface area contributed by atoms with Gasteiger partial charge in [0.25, 0.3) is 0 Å². The lowest BCUT2D eigenvalue weighted by Crippen LogP contribution is -2.51. The van der Waals surface area contributed by atoms with Crippen LogP contribution in [-0.2, 0) is 24.4 Å². The average Bonchev–Trinajstić information content (AvgIpc) is 3.45. The Morgan fingerprint density at radius 2 is 1.68 bits per heavy atom. The molecule has 1 aromatic heterocycles. The van der Waals surface area contributed by atoms with Crippen LogP contribution in [0.2, 0.25) is 10.0 Å². The van der Waals surface area contributed by atoms with E-state index in [1.165, 1.54) is 18.2 Å². The Hall–Kier alpha value is -2.93. The molecule has 2 aliphatic rings. The average molecular weight is 627 g/mol. The van der Waals surface area contributed by atoms with Crippen molar-refractivity contribution >= 4 is 56.7 Å². The molecule has 4 rings (SSSR count). The number of halogens is 2. The van der Waals surface area contributed by atoms with Gasteiger partial charge in [-0.15, -0.1) is 0 Å². The van der Waals surface area contributed by atoms with Gasteiger partial charge in [0.15, 0.2) is 0 Å². The molecule has 3 N–H and O–H groups in total. The Kier molecular flexibility index (Phi) is 10.5. The number of carboxylic acid groups (broad SMARTS) is 1. The fraction of sp³-hybridized carbons (Fsp3) is 0.481. The predicted molar refractivity (Wildman–Crippen MR) is 154 cm³/mol. The van der Waals surface area contributed by atoms with Crippen LogP contribution in [0.5, 0.6) is 0 Å². The van der Waals surface area contributed by atoms with Gasteiger partial charge < -0.3 is 20.6 Å². The third kappa shape index (κ3) is 8.09. The fourth-order valence-electron chi connectivity index (χ4n) is 5.17. The molecule has 222 valence electrons. The monoisotopic (exact) mass is 625 g/mol. The van der Waals surface area contributed by atoms with Crippen LogP contribution in [0.3, 0.4) is 0 Å². The van der Waals surface area contributed by atoms with Crippen molar-refractivity contribution in [2.45, 2.75) is 55.5 Å². The summed E-state index contributed by atoms with van der Waals surface area (Å²) < 4.78 is 27.6. The van der Waals surface area contributed by atoms with E-state index in [0.29, 0.717) is 25.4 Å². The summed E-state index contributed by atoms with van der Waals surface area (Å²) in [5.74, 6) is -1.77. The van der Waals surface area contributed by atoms with Crippen LogP contribution in [0, 0.1) is 5.92 Å². The summed E-state index contributed by atoms with van der Waals surface area (Å²) in [5.41, 5.74) is 0.993. The topological polar surface area (TPSA) is 149 Å². The summed E-state index contributed by atoms with van der Waals surface area (Å²) >= 11 is 12.0. The summed E-state index contributed by atoms with van der Waals surface area (Å²) in [4.78, 5) is 43.4. The predicted octanol–water partition coefficient (Wildman–Crippen LogP) is 3.24. The smallest absolute Gasteiger partial charge is 0.326 e. The molecule has 0 radical (unpaired) electrons. The number of aliphatic carboxylic acids is 1. The van der Waals surface area contributed by atoms with Crippen molar-refractivity contribution in [3.05, 3.63) is 52.8 Å². The normalized spacial score (nSPS) is 19.1. The molecule has 1 aromatic carbocycles. The van der Waals surface area contributed by atoms with Crippen LogP contribution in [0.15, 0.2) is 47.6 Å². The van der Waals surface area contributed by atoms with Crippen molar-refractivity contribution in [2.75, 3.05) is 31.5 Å². The van der Waals surface area contributed by atoms with Gasteiger partial charge >= 0.3 is 5.97 Å². The van der Waals surface area contributed by atoms with E-state index in [1.807, 2.05) is 12.1 Å². The van der Waals surface area contributed by atoms with Crippen molar-refractivity contribution in [3.8, 4) is 0 Å². The number of nitrogens with zero attached hydrogens (tertiary/aromatic N) is 3. The quantitative estimate of drug-likeness (QED) is 0.344. The van der Waals surface area contributed by atoms with Crippen molar-refractivity contribution < 1.29 is 27.9 Å². The zero-order valence-electron chi connectivity index (χ0n) is 22.3. The number of sulfonamides is 1. The van der Waals surface area contributed by atoms with Crippen LogP contribution in [0.4, 0.5) is 5.69 Å². The molecule has 0 aliphatic carbocycles. The Morgan fingerprint density at radius 1 is 1.02 bits per heavy atom. The number of anilines is 1. The second-order valence-electron chi connectivity index (χ2n) is 10.3. The number of rotatable bonds is 11. The van der Waals surface area contributed by atoms with Gasteiger partial charge in [-0.05, 0) is 68.4 Å². The molecule has 14 heteroatoms. The number of piperidine rings is 1. The summed E-state index contributed by atoms with van der Waals surface area (Å²) in [5, 5.41) is 15.8. The molecule has 2 fully saturated rings. The van der Waals surface area contributed by atoms with Crippen LogP contribution >= 0.6 is 23.2 Å². The molecular weight excluding hydrogens is 593 g/mol. The first-order chi connectivity index (χ1) is 19.5. The second-order valence-corrected chi connectivity index (χ2v) is 13.0. The molecule has 2 aromatic rings. The first-order valence-electron chi connectivity index (χ1n) is 13.5. The minimum atomic E-state index is -4.11. The van der Waals surface area contributed by atoms with E-state index in [-0.39, 0.29) is 46.7 Å². The van der Waals surface area contributed by atoms with Gasteiger partial charge in [-0.25, -0.2) is 13.2 Å². The van der Waals surface area contributed by atoms with Crippen LogP contribution < -0.4 is 10.6 Å². The molecular formula is C27H33Cl2N5O6S. The number of benzene rings is 1. The molecule has 2 amide bonds. The highest BCUT2D eigenvalue weighted by Crippen LogP contribution is 2.30. The Labute approximate surface area is 249 Å². The number of aromatic nitrogens is 1. The molecule has 2 aliphatic heterocycles.